The first-order valence-electron chi connectivity index (χ1n) is 8.33. The summed E-state index contributed by atoms with van der Waals surface area (Å²) >= 11 is 0. The predicted molar refractivity (Wildman–Crippen MR) is 81.1 cm³/mol. The van der Waals surface area contributed by atoms with Gasteiger partial charge < -0.3 is 15.3 Å². The number of nitrogens with one attached hydrogen (secondary N) is 1. The normalized spacial score (nSPS) is 26.8. The average molecular weight is 296 g/mol. The Balaban J connectivity index is 1.65. The van der Waals surface area contributed by atoms with Gasteiger partial charge in [0, 0.05) is 19.6 Å². The highest BCUT2D eigenvalue weighted by atomic mass is 16.4. The molecule has 0 aromatic rings. The highest BCUT2D eigenvalue weighted by Crippen LogP contribution is 2.35. The molecule has 0 aromatic carbocycles. The third kappa shape index (κ3) is 4.61. The summed E-state index contributed by atoms with van der Waals surface area (Å²) in [5.74, 6) is 0.435. The van der Waals surface area contributed by atoms with Gasteiger partial charge in [-0.1, -0.05) is 26.2 Å². The number of carbonyl (C=O) groups excluding carboxylic acids is 1. The van der Waals surface area contributed by atoms with E-state index in [0.29, 0.717) is 18.9 Å². The van der Waals surface area contributed by atoms with Crippen molar-refractivity contribution in [3.63, 3.8) is 0 Å². The zero-order valence-corrected chi connectivity index (χ0v) is 13.0. The van der Waals surface area contributed by atoms with Crippen LogP contribution in [0.2, 0.25) is 0 Å². The van der Waals surface area contributed by atoms with E-state index >= 15 is 0 Å². The highest BCUT2D eigenvalue weighted by Gasteiger charge is 2.32. The Morgan fingerprint density at radius 3 is 2.67 bits per heavy atom. The van der Waals surface area contributed by atoms with E-state index < -0.39 is 5.97 Å². The van der Waals surface area contributed by atoms with Gasteiger partial charge in [0.1, 0.15) is 0 Å². The van der Waals surface area contributed by atoms with E-state index in [1.54, 1.807) is 6.92 Å². The van der Waals surface area contributed by atoms with Gasteiger partial charge in [-0.25, -0.2) is 4.79 Å². The lowest BCUT2D eigenvalue weighted by atomic mass is 9.75. The number of piperidine rings is 1. The van der Waals surface area contributed by atoms with Crippen LogP contribution in [0.3, 0.4) is 0 Å². The lowest BCUT2D eigenvalue weighted by molar-refractivity contribution is -0.141. The fourth-order valence-corrected chi connectivity index (χ4v) is 3.62. The van der Waals surface area contributed by atoms with Gasteiger partial charge in [0.05, 0.1) is 5.92 Å². The summed E-state index contributed by atoms with van der Waals surface area (Å²) in [5, 5.41) is 11.7. The number of carboxylic acids is 1. The topological polar surface area (TPSA) is 69.6 Å². The third-order valence-electron chi connectivity index (χ3n) is 5.09. The van der Waals surface area contributed by atoms with E-state index in [4.69, 9.17) is 5.11 Å². The number of urea groups is 1. The zero-order valence-electron chi connectivity index (χ0n) is 13.0. The van der Waals surface area contributed by atoms with Crippen molar-refractivity contribution in [2.24, 2.45) is 17.8 Å². The lowest BCUT2D eigenvalue weighted by Gasteiger charge is -2.41. The predicted octanol–water partition coefficient (Wildman–Crippen LogP) is 2.71. The maximum Gasteiger partial charge on any atom is 0.317 e. The summed E-state index contributed by atoms with van der Waals surface area (Å²) in [4.78, 5) is 24.8. The van der Waals surface area contributed by atoms with Crippen LogP contribution < -0.4 is 5.32 Å². The van der Waals surface area contributed by atoms with E-state index in [1.807, 2.05) is 4.90 Å². The Morgan fingerprint density at radius 2 is 1.95 bits per heavy atom. The first-order chi connectivity index (χ1) is 10.1. The van der Waals surface area contributed by atoms with E-state index in [0.717, 1.165) is 31.8 Å². The number of rotatable bonds is 5. The molecule has 1 aliphatic heterocycles. The molecule has 5 nitrogen and oxygen atoms in total. The second-order valence-electron chi connectivity index (χ2n) is 6.65. The monoisotopic (exact) mass is 296 g/mol. The van der Waals surface area contributed by atoms with E-state index in [9.17, 15) is 9.59 Å². The standard InChI is InChI=1S/C16H28N2O3/c1-12(15(19)20)5-4-9-17-16(21)18-10-8-13-6-2-3-7-14(13)11-18/h12-14H,2-11H2,1H3,(H,17,21)(H,19,20). The van der Waals surface area contributed by atoms with Crippen LogP contribution in [0.15, 0.2) is 0 Å². The van der Waals surface area contributed by atoms with Crippen LogP contribution in [0.4, 0.5) is 4.79 Å². The molecule has 2 fully saturated rings. The number of nitrogens with zero attached hydrogens (tertiary/aromatic N) is 1. The summed E-state index contributed by atoms with van der Waals surface area (Å²) in [5.41, 5.74) is 0. The minimum atomic E-state index is -0.763. The van der Waals surface area contributed by atoms with Crippen molar-refractivity contribution < 1.29 is 14.7 Å². The first kappa shape index (κ1) is 16.1. The molecule has 2 rings (SSSR count). The second-order valence-corrected chi connectivity index (χ2v) is 6.65. The molecule has 21 heavy (non-hydrogen) atoms. The number of carbonyl (C=O) groups is 2. The summed E-state index contributed by atoms with van der Waals surface area (Å²) in [6.45, 7) is 4.06. The van der Waals surface area contributed by atoms with Crippen molar-refractivity contribution in [2.75, 3.05) is 19.6 Å². The van der Waals surface area contributed by atoms with Crippen LogP contribution in [-0.2, 0) is 4.79 Å². The van der Waals surface area contributed by atoms with Gasteiger partial charge in [-0.15, -0.1) is 0 Å². The molecule has 0 aromatic heterocycles. The molecule has 1 aliphatic carbocycles. The Kier molecular flexibility index (Phi) is 5.88. The molecule has 120 valence electrons. The van der Waals surface area contributed by atoms with Crippen molar-refractivity contribution in [3.05, 3.63) is 0 Å². The first-order valence-corrected chi connectivity index (χ1v) is 8.33. The van der Waals surface area contributed by atoms with Crippen molar-refractivity contribution in [2.45, 2.75) is 51.9 Å². The molecule has 2 aliphatic rings. The summed E-state index contributed by atoms with van der Waals surface area (Å²) < 4.78 is 0. The molecular formula is C16H28N2O3. The molecule has 1 saturated carbocycles. The van der Waals surface area contributed by atoms with Gasteiger partial charge in [0.2, 0.25) is 0 Å². The van der Waals surface area contributed by atoms with Gasteiger partial charge in [-0.2, -0.15) is 0 Å². The molecule has 1 heterocycles. The molecule has 2 N–H and O–H groups in total. The molecule has 3 unspecified atom stereocenters. The van der Waals surface area contributed by atoms with Crippen LogP contribution in [0, 0.1) is 17.8 Å². The van der Waals surface area contributed by atoms with Crippen molar-refractivity contribution in [1.82, 2.24) is 10.2 Å². The fraction of sp³-hybridized carbons (Fsp3) is 0.875. The quantitative estimate of drug-likeness (QED) is 0.766. The Hall–Kier alpha value is -1.26. The van der Waals surface area contributed by atoms with Crippen LogP contribution in [0.5, 0.6) is 0 Å². The number of fused-ring (bicyclic) bond motifs is 1. The molecule has 2 amide bonds. The smallest absolute Gasteiger partial charge is 0.317 e. The minimum absolute atomic E-state index is 0.0296. The zero-order chi connectivity index (χ0) is 15.2. The van der Waals surface area contributed by atoms with Crippen molar-refractivity contribution in [1.29, 1.82) is 0 Å². The van der Waals surface area contributed by atoms with Crippen LogP contribution in [0.25, 0.3) is 0 Å². The number of carboxylic acid groups (broad SMARTS) is 1. The maximum atomic E-state index is 12.1. The third-order valence-corrected chi connectivity index (χ3v) is 5.09. The van der Waals surface area contributed by atoms with Gasteiger partial charge in [-0.05, 0) is 37.5 Å². The SMILES string of the molecule is CC(CCCNC(=O)N1CCC2CCCCC2C1)C(=O)O. The van der Waals surface area contributed by atoms with E-state index in [2.05, 4.69) is 5.32 Å². The van der Waals surface area contributed by atoms with Crippen molar-refractivity contribution in [3.8, 4) is 0 Å². The van der Waals surface area contributed by atoms with E-state index in [-0.39, 0.29) is 11.9 Å². The molecule has 5 heteroatoms. The van der Waals surface area contributed by atoms with Gasteiger partial charge in [0.15, 0.2) is 0 Å². The van der Waals surface area contributed by atoms with Crippen LogP contribution >= 0.6 is 0 Å². The average Bonchev–Trinajstić information content (AvgIpc) is 2.50. The molecule has 1 saturated heterocycles. The molecular weight excluding hydrogens is 268 g/mol. The fourth-order valence-electron chi connectivity index (χ4n) is 3.62. The highest BCUT2D eigenvalue weighted by molar-refractivity contribution is 5.74. The summed E-state index contributed by atoms with van der Waals surface area (Å²) in [6.07, 6.45) is 7.75. The Morgan fingerprint density at radius 1 is 1.24 bits per heavy atom. The van der Waals surface area contributed by atoms with Crippen LogP contribution in [-0.4, -0.2) is 41.6 Å². The Labute approximate surface area is 127 Å². The van der Waals surface area contributed by atoms with Gasteiger partial charge >= 0.3 is 12.0 Å². The Bertz CT molecular complexity index is 373. The largest absolute Gasteiger partial charge is 0.481 e. The van der Waals surface area contributed by atoms with Gasteiger partial charge in [-0.3, -0.25) is 4.79 Å². The number of hydrogen-bond donors (Lipinski definition) is 2. The minimum Gasteiger partial charge on any atom is -0.481 e. The van der Waals surface area contributed by atoms with Gasteiger partial charge in [0.25, 0.3) is 0 Å². The maximum absolute atomic E-state index is 12.1. The number of aliphatic carboxylic acids is 1. The lowest BCUT2D eigenvalue weighted by Crippen LogP contribution is -2.48. The van der Waals surface area contributed by atoms with Crippen molar-refractivity contribution >= 4 is 12.0 Å². The van der Waals surface area contributed by atoms with Crippen LogP contribution in [0.1, 0.15) is 51.9 Å². The molecule has 3 atom stereocenters. The summed E-state index contributed by atoms with van der Waals surface area (Å²) in [7, 11) is 0. The number of likely N-dealkylation sites (tertiary alicyclic amines) is 1. The molecule has 0 bridgehead atoms. The number of hydrogen-bond acceptors (Lipinski definition) is 2. The molecule has 0 spiro atoms. The number of amides is 2. The summed E-state index contributed by atoms with van der Waals surface area (Å²) in [6, 6.07) is 0.0296. The molecule has 0 radical (unpaired) electrons. The van der Waals surface area contributed by atoms with E-state index in [1.165, 1.54) is 25.7 Å². The second kappa shape index (κ2) is 7.66.